The summed E-state index contributed by atoms with van der Waals surface area (Å²) < 4.78 is 39.3. The van der Waals surface area contributed by atoms with Crippen LogP contribution in [0.25, 0.3) is 21.3 Å². The van der Waals surface area contributed by atoms with E-state index in [1.807, 2.05) is 48.5 Å². The number of hydrogen-bond donors (Lipinski definition) is 3. The number of carboxylic acid groups (broad SMARTS) is 2. The van der Waals surface area contributed by atoms with Gasteiger partial charge in [0.05, 0.1) is 15.8 Å². The number of aromatic nitrogens is 1. The lowest BCUT2D eigenvalue weighted by molar-refractivity contribution is -0.137. The van der Waals surface area contributed by atoms with Crippen LogP contribution in [0.2, 0.25) is 0 Å². The van der Waals surface area contributed by atoms with Gasteiger partial charge in [0.15, 0.2) is 10.9 Å². The van der Waals surface area contributed by atoms with E-state index in [1.54, 1.807) is 0 Å². The van der Waals surface area contributed by atoms with Crippen LogP contribution in [0.1, 0.15) is 41.6 Å². The zero-order chi connectivity index (χ0) is 26.6. The fourth-order valence-corrected chi connectivity index (χ4v) is 5.20. The fraction of sp³-hybridized carbons (Fsp3) is 0.222. The second-order valence-corrected chi connectivity index (χ2v) is 9.64. The van der Waals surface area contributed by atoms with Crippen molar-refractivity contribution in [3.05, 3.63) is 77.9 Å². The molecule has 1 aliphatic carbocycles. The normalized spacial score (nSPS) is 13.7. The molecule has 3 N–H and O–H groups in total. The number of carbonyl (C=O) groups is 2. The molecule has 3 aromatic carbocycles. The van der Waals surface area contributed by atoms with Gasteiger partial charge in [-0.1, -0.05) is 60.6 Å². The smallest absolute Gasteiger partial charge is 0.450 e. The Morgan fingerprint density at radius 1 is 0.892 bits per heavy atom. The summed E-state index contributed by atoms with van der Waals surface area (Å²) in [5.41, 5.74) is 3.45. The number of halogens is 3. The minimum absolute atomic E-state index is 0.170. The van der Waals surface area contributed by atoms with E-state index in [2.05, 4.69) is 10.3 Å². The number of anilines is 2. The van der Waals surface area contributed by atoms with Gasteiger partial charge in [-0.15, -0.1) is 0 Å². The Morgan fingerprint density at radius 2 is 1.46 bits per heavy atom. The van der Waals surface area contributed by atoms with Crippen LogP contribution in [0.15, 0.2) is 66.7 Å². The molecule has 0 amide bonds. The quantitative estimate of drug-likeness (QED) is 0.225. The number of nitrogens with zero attached hydrogens (tertiary/aromatic N) is 1. The number of thiazole rings is 1. The molecule has 0 atom stereocenters. The molecule has 1 aliphatic rings. The van der Waals surface area contributed by atoms with Crippen molar-refractivity contribution in [3.8, 4) is 11.1 Å². The molecule has 1 heterocycles. The summed E-state index contributed by atoms with van der Waals surface area (Å²) in [4.78, 5) is 25.5. The van der Waals surface area contributed by atoms with Gasteiger partial charge in [0.1, 0.15) is 0 Å². The molecule has 6 nitrogen and oxygen atoms in total. The van der Waals surface area contributed by atoms with Crippen LogP contribution in [-0.4, -0.2) is 27.1 Å². The summed E-state index contributed by atoms with van der Waals surface area (Å²) in [7, 11) is 0. The Balaban J connectivity index is 0.000000747. The molecule has 0 saturated heterocycles. The molecule has 5 rings (SSSR count). The van der Waals surface area contributed by atoms with Crippen molar-refractivity contribution >= 4 is 44.3 Å². The first-order valence-corrected chi connectivity index (χ1v) is 12.3. The summed E-state index contributed by atoms with van der Waals surface area (Å²) in [6.45, 7) is 0. The van der Waals surface area contributed by atoms with Crippen LogP contribution >= 0.6 is 11.3 Å². The Bertz CT molecular complexity index is 1390. The summed E-state index contributed by atoms with van der Waals surface area (Å²) in [6, 6.07) is 19.0. The highest BCUT2D eigenvalue weighted by atomic mass is 32.1. The molecule has 10 heteroatoms. The van der Waals surface area contributed by atoms with Gasteiger partial charge in [0.25, 0.3) is 0 Å². The van der Waals surface area contributed by atoms with Gasteiger partial charge in [0.2, 0.25) is 0 Å². The number of Topliss-reactive ketones (excluding diaryl/α,β-unsaturated/α-hetero) is 1. The largest absolute Gasteiger partial charge is 0.503 e. The van der Waals surface area contributed by atoms with E-state index in [0.717, 1.165) is 60.2 Å². The van der Waals surface area contributed by atoms with E-state index in [-0.39, 0.29) is 11.7 Å². The van der Waals surface area contributed by atoms with Crippen molar-refractivity contribution in [1.82, 2.24) is 4.98 Å². The zero-order valence-electron chi connectivity index (χ0n) is 19.5. The lowest BCUT2D eigenvalue weighted by Crippen LogP contribution is -2.10. The summed E-state index contributed by atoms with van der Waals surface area (Å²) in [5, 5.41) is 17.6. The van der Waals surface area contributed by atoms with Gasteiger partial charge in [-0.2, -0.15) is 13.2 Å². The van der Waals surface area contributed by atoms with Crippen LogP contribution in [-0.2, 0) is 6.18 Å². The maximum absolute atomic E-state index is 12.9. The Morgan fingerprint density at radius 3 is 2.03 bits per heavy atom. The minimum atomic E-state index is -4.37. The zero-order valence-corrected chi connectivity index (χ0v) is 20.3. The molecule has 1 fully saturated rings. The molecule has 1 aromatic heterocycles. The van der Waals surface area contributed by atoms with Crippen LogP contribution in [0, 0.1) is 5.92 Å². The number of rotatable bonds is 5. The number of alkyl halides is 3. The predicted octanol–water partition coefficient (Wildman–Crippen LogP) is 8.32. The number of carbonyl (C=O) groups excluding carboxylic acids is 1. The van der Waals surface area contributed by atoms with E-state index >= 15 is 0 Å². The van der Waals surface area contributed by atoms with Crippen LogP contribution in [0.3, 0.4) is 0 Å². The van der Waals surface area contributed by atoms with Gasteiger partial charge in [-0.3, -0.25) is 4.79 Å². The Labute approximate surface area is 214 Å². The van der Waals surface area contributed by atoms with E-state index in [4.69, 9.17) is 15.0 Å². The van der Waals surface area contributed by atoms with Crippen LogP contribution in [0.4, 0.5) is 28.8 Å². The molecule has 37 heavy (non-hydrogen) atoms. The van der Waals surface area contributed by atoms with Crippen LogP contribution in [0.5, 0.6) is 0 Å². The second kappa shape index (κ2) is 11.0. The number of benzene rings is 3. The molecular formula is C27H23F3N2O4S. The molecule has 1 saturated carbocycles. The van der Waals surface area contributed by atoms with Crippen LogP contribution < -0.4 is 5.32 Å². The first-order valence-electron chi connectivity index (χ1n) is 11.5. The third kappa shape index (κ3) is 6.65. The van der Waals surface area contributed by atoms with Crippen molar-refractivity contribution in [2.24, 2.45) is 5.92 Å². The highest BCUT2D eigenvalue weighted by Crippen LogP contribution is 2.35. The molecule has 192 valence electrons. The lowest BCUT2D eigenvalue weighted by atomic mass is 9.94. The van der Waals surface area contributed by atoms with Gasteiger partial charge in [0, 0.05) is 17.2 Å². The van der Waals surface area contributed by atoms with Crippen molar-refractivity contribution in [2.45, 2.75) is 31.9 Å². The number of nitrogens with one attached hydrogen (secondary N) is 1. The Hall–Kier alpha value is -3.92. The number of hydrogen-bond acceptors (Lipinski definition) is 5. The third-order valence-electron chi connectivity index (χ3n) is 6.08. The highest BCUT2D eigenvalue weighted by molar-refractivity contribution is 7.22. The van der Waals surface area contributed by atoms with E-state index in [1.165, 1.54) is 17.4 Å². The van der Waals surface area contributed by atoms with Crippen molar-refractivity contribution in [2.75, 3.05) is 5.32 Å². The molecule has 0 aliphatic heterocycles. The van der Waals surface area contributed by atoms with Gasteiger partial charge >= 0.3 is 12.3 Å². The second-order valence-electron chi connectivity index (χ2n) is 8.61. The predicted molar refractivity (Wildman–Crippen MR) is 137 cm³/mol. The van der Waals surface area contributed by atoms with Gasteiger partial charge < -0.3 is 15.5 Å². The molecule has 0 spiro atoms. The molecule has 0 bridgehead atoms. The first-order chi connectivity index (χ1) is 17.6. The van der Waals surface area contributed by atoms with Crippen molar-refractivity contribution in [3.63, 3.8) is 0 Å². The molecule has 0 unspecified atom stereocenters. The fourth-order valence-electron chi connectivity index (χ4n) is 4.27. The van der Waals surface area contributed by atoms with E-state index < -0.39 is 17.9 Å². The molecule has 4 aromatic rings. The average Bonchev–Trinajstić information content (AvgIpc) is 3.53. The van der Waals surface area contributed by atoms with Crippen molar-refractivity contribution in [1.29, 1.82) is 0 Å². The van der Waals surface area contributed by atoms with E-state index in [0.29, 0.717) is 15.3 Å². The maximum Gasteiger partial charge on any atom is 0.503 e. The lowest BCUT2D eigenvalue weighted by Gasteiger charge is -2.09. The maximum atomic E-state index is 12.9. The monoisotopic (exact) mass is 528 g/mol. The molecule has 0 radical (unpaired) electrons. The molecular weight excluding hydrogens is 505 g/mol. The first kappa shape index (κ1) is 26.2. The number of fused-ring (bicyclic) bond motifs is 1. The minimum Gasteiger partial charge on any atom is -0.450 e. The van der Waals surface area contributed by atoms with Gasteiger partial charge in [-0.25, -0.2) is 9.78 Å². The summed E-state index contributed by atoms with van der Waals surface area (Å²) in [5.74, 6) is 0.417. The SMILES string of the molecule is O=C(O)O.O=C(c1ccc(-c2ccc(Nc3nc4ccc(C(F)(F)F)cc4s3)cc2)cc1)C1CCCC1. The average molecular weight is 529 g/mol. The standard InChI is InChI=1S/C26H21F3N2OS.CH2O3/c27-26(28,29)20-11-14-22-23(15-20)33-25(31-22)30-21-12-9-17(10-13-21)16-5-7-19(8-6-16)24(32)18-3-1-2-4-18;2-1(3)4/h5-15,18H,1-4H2,(H,30,31);(H2,2,3,4). The topological polar surface area (TPSA) is 99.5 Å². The number of ketones is 1. The summed E-state index contributed by atoms with van der Waals surface area (Å²) in [6.07, 6.45) is -1.94. The Kier molecular flexibility index (Phi) is 7.77. The van der Waals surface area contributed by atoms with Crippen molar-refractivity contribution < 1.29 is 33.0 Å². The third-order valence-corrected chi connectivity index (χ3v) is 7.01. The summed E-state index contributed by atoms with van der Waals surface area (Å²) >= 11 is 1.18. The van der Waals surface area contributed by atoms with E-state index in [9.17, 15) is 18.0 Å². The highest BCUT2D eigenvalue weighted by Gasteiger charge is 2.30. The van der Waals surface area contributed by atoms with Gasteiger partial charge in [-0.05, 0) is 54.3 Å².